The van der Waals surface area contributed by atoms with Crippen molar-refractivity contribution < 1.29 is 33.3 Å². The Morgan fingerprint density at radius 2 is 2.06 bits per heavy atom. The van der Waals surface area contributed by atoms with E-state index in [4.69, 9.17) is 35.3 Å². The second-order valence-electron chi connectivity index (χ2n) is 7.75. The molecule has 4 heterocycles. The zero-order valence-electron chi connectivity index (χ0n) is 17.1. The maximum absolute atomic E-state index is 12.0. The van der Waals surface area contributed by atoms with Crippen LogP contribution in [0.1, 0.15) is 33.9 Å². The van der Waals surface area contributed by atoms with E-state index in [0.717, 1.165) is 0 Å². The first-order valence-electron chi connectivity index (χ1n) is 9.38. The largest absolute Gasteiger partial charge is 0.458 e. The van der Waals surface area contributed by atoms with Crippen molar-refractivity contribution in [1.29, 1.82) is 0 Å². The van der Waals surface area contributed by atoms with Crippen LogP contribution in [0.3, 0.4) is 0 Å². The second kappa shape index (κ2) is 7.93. The van der Waals surface area contributed by atoms with E-state index in [1.807, 2.05) is 0 Å². The molecule has 5 atom stereocenters. The molecule has 2 aromatic rings. The summed E-state index contributed by atoms with van der Waals surface area (Å²) in [6.45, 7) is 5.87. The lowest BCUT2D eigenvalue weighted by molar-refractivity contribution is -0.336. The molecule has 0 bridgehead atoms. The Bertz CT molecular complexity index is 1030. The summed E-state index contributed by atoms with van der Waals surface area (Å²) in [5.41, 5.74) is -0.271. The molecule has 0 aliphatic carbocycles. The zero-order chi connectivity index (χ0) is 22.6. The second-order valence-corrected chi connectivity index (χ2v) is 9.16. The molecule has 2 fully saturated rings. The predicted octanol–water partition coefficient (Wildman–Crippen LogP) is 2.11. The molecular weight excluding hydrogens is 500 g/mol. The third-order valence-electron chi connectivity index (χ3n) is 4.88. The van der Waals surface area contributed by atoms with Crippen LogP contribution in [0.4, 0.5) is 0 Å². The van der Waals surface area contributed by atoms with E-state index in [1.165, 1.54) is 26.5 Å². The number of hydrogen-bond donors (Lipinski definition) is 0. The van der Waals surface area contributed by atoms with Gasteiger partial charge in [-0.2, -0.15) is 0 Å². The number of aromatic nitrogens is 4. The van der Waals surface area contributed by atoms with E-state index >= 15 is 0 Å². The lowest BCUT2D eigenvalue weighted by Crippen LogP contribution is -2.40. The van der Waals surface area contributed by atoms with Crippen molar-refractivity contribution in [2.75, 3.05) is 6.61 Å². The van der Waals surface area contributed by atoms with Gasteiger partial charge in [-0.05, 0) is 13.8 Å². The lowest BCUT2D eigenvalue weighted by atomic mass is 10.1. The SMILES string of the molecule is CC(=O)O[C@H]1[C@H](Br)[C@H](n2cnc3c(Cl)ncnc32)O[C@@H]1COC1(C)OC(=O)C(C)(C)O1. The van der Waals surface area contributed by atoms with E-state index in [0.29, 0.717) is 11.2 Å². The van der Waals surface area contributed by atoms with Crippen molar-refractivity contribution in [1.82, 2.24) is 19.5 Å². The summed E-state index contributed by atoms with van der Waals surface area (Å²) >= 11 is 9.65. The minimum atomic E-state index is -1.59. The molecule has 168 valence electrons. The third-order valence-corrected chi connectivity index (χ3v) is 6.13. The average molecular weight is 520 g/mol. The molecular formula is C18H20BrClN4O7. The molecule has 0 radical (unpaired) electrons. The fourth-order valence-corrected chi connectivity index (χ4v) is 4.51. The minimum Gasteiger partial charge on any atom is -0.458 e. The molecule has 4 rings (SSSR count). The smallest absolute Gasteiger partial charge is 0.342 e. The highest BCUT2D eigenvalue weighted by atomic mass is 79.9. The molecule has 0 saturated carbocycles. The van der Waals surface area contributed by atoms with E-state index < -0.39 is 46.8 Å². The molecule has 0 spiro atoms. The van der Waals surface area contributed by atoms with Crippen LogP contribution in [0.15, 0.2) is 12.7 Å². The summed E-state index contributed by atoms with van der Waals surface area (Å²) in [5.74, 6) is -2.62. The van der Waals surface area contributed by atoms with Gasteiger partial charge in [0.15, 0.2) is 22.6 Å². The Labute approximate surface area is 190 Å². The van der Waals surface area contributed by atoms with Gasteiger partial charge in [0.2, 0.25) is 0 Å². The van der Waals surface area contributed by atoms with Crippen molar-refractivity contribution in [3.8, 4) is 0 Å². The summed E-state index contributed by atoms with van der Waals surface area (Å²) in [6, 6.07) is 0. The summed E-state index contributed by atoms with van der Waals surface area (Å²) in [7, 11) is 0. The number of carbonyl (C=O) groups is 2. The van der Waals surface area contributed by atoms with E-state index in [-0.39, 0.29) is 11.8 Å². The molecule has 2 aliphatic rings. The molecule has 0 aromatic carbocycles. The van der Waals surface area contributed by atoms with Crippen LogP contribution in [0, 0.1) is 0 Å². The van der Waals surface area contributed by atoms with Crippen LogP contribution in [-0.4, -0.2) is 66.7 Å². The number of fused-ring (bicyclic) bond motifs is 1. The van der Waals surface area contributed by atoms with Gasteiger partial charge >= 0.3 is 17.9 Å². The van der Waals surface area contributed by atoms with Gasteiger partial charge in [0, 0.05) is 13.8 Å². The van der Waals surface area contributed by atoms with Crippen LogP contribution >= 0.6 is 27.5 Å². The number of cyclic esters (lactones) is 1. The summed E-state index contributed by atoms with van der Waals surface area (Å²) in [6.07, 6.45) is 0.760. The number of rotatable bonds is 5. The molecule has 31 heavy (non-hydrogen) atoms. The first-order chi connectivity index (χ1) is 14.5. The Morgan fingerprint density at radius 1 is 1.32 bits per heavy atom. The molecule has 2 aromatic heterocycles. The van der Waals surface area contributed by atoms with Crippen LogP contribution in [0.25, 0.3) is 11.2 Å². The summed E-state index contributed by atoms with van der Waals surface area (Å²) < 4.78 is 29.9. The molecule has 0 amide bonds. The topological polar surface area (TPSA) is 124 Å². The van der Waals surface area contributed by atoms with E-state index in [1.54, 1.807) is 18.4 Å². The lowest BCUT2D eigenvalue weighted by Gasteiger charge is -2.26. The van der Waals surface area contributed by atoms with Gasteiger partial charge in [-0.15, -0.1) is 0 Å². The van der Waals surface area contributed by atoms with Crippen molar-refractivity contribution >= 4 is 50.6 Å². The number of alkyl halides is 1. The molecule has 1 unspecified atom stereocenters. The molecule has 11 nitrogen and oxygen atoms in total. The number of esters is 2. The number of carbonyl (C=O) groups excluding carboxylic acids is 2. The number of hydrogen-bond acceptors (Lipinski definition) is 10. The van der Waals surface area contributed by atoms with Crippen molar-refractivity contribution in [3.63, 3.8) is 0 Å². The van der Waals surface area contributed by atoms with E-state index in [9.17, 15) is 9.59 Å². The Morgan fingerprint density at radius 3 is 2.71 bits per heavy atom. The molecule has 13 heteroatoms. The maximum atomic E-state index is 12.0. The predicted molar refractivity (Wildman–Crippen MR) is 108 cm³/mol. The third kappa shape index (κ3) is 4.14. The van der Waals surface area contributed by atoms with E-state index in [2.05, 4.69) is 30.9 Å². The quantitative estimate of drug-likeness (QED) is 0.329. The highest BCUT2D eigenvalue weighted by Gasteiger charge is 2.53. The van der Waals surface area contributed by atoms with Gasteiger partial charge < -0.3 is 18.9 Å². The normalized spacial score (nSPS) is 32.4. The number of imidazole rings is 1. The van der Waals surface area contributed by atoms with Gasteiger partial charge in [0.25, 0.3) is 0 Å². The van der Waals surface area contributed by atoms with Gasteiger partial charge in [0.1, 0.15) is 24.1 Å². The standard InChI is InChI=1S/C18H20BrClN4O7/c1-8(25)28-12-9(5-27-18(4)30-16(26)17(2,3)31-18)29-15(10(12)19)24-7-23-11-13(20)21-6-22-14(11)24/h6-7,9-10,12,15H,5H2,1-4H3/t9-,10+,12-,15-,18?/m1/s1. The first-order valence-corrected chi connectivity index (χ1v) is 10.7. The van der Waals surface area contributed by atoms with Crippen molar-refractivity contribution in [2.45, 2.75) is 62.5 Å². The van der Waals surface area contributed by atoms with Gasteiger partial charge in [0.05, 0.1) is 17.8 Å². The molecule has 0 N–H and O–H groups in total. The number of nitrogens with zero attached hydrogens (tertiary/aromatic N) is 4. The van der Waals surface area contributed by atoms with Gasteiger partial charge in [-0.3, -0.25) is 14.1 Å². The number of halogens is 2. The van der Waals surface area contributed by atoms with Gasteiger partial charge in [-0.25, -0.2) is 19.7 Å². The van der Waals surface area contributed by atoms with Crippen LogP contribution in [0.2, 0.25) is 5.15 Å². The maximum Gasteiger partial charge on any atom is 0.342 e. The first kappa shape index (κ1) is 22.3. The zero-order valence-corrected chi connectivity index (χ0v) is 19.4. The summed E-state index contributed by atoms with van der Waals surface area (Å²) in [4.78, 5) is 35.6. The summed E-state index contributed by atoms with van der Waals surface area (Å²) in [5, 5.41) is 0.208. The van der Waals surface area contributed by atoms with Gasteiger partial charge in [-0.1, -0.05) is 27.5 Å². The Balaban J connectivity index is 1.56. The van der Waals surface area contributed by atoms with Crippen molar-refractivity contribution in [3.05, 3.63) is 17.8 Å². The highest BCUT2D eigenvalue weighted by Crippen LogP contribution is 2.40. The van der Waals surface area contributed by atoms with Crippen LogP contribution in [0.5, 0.6) is 0 Å². The van der Waals surface area contributed by atoms with Crippen LogP contribution in [-0.2, 0) is 33.3 Å². The fraction of sp³-hybridized carbons (Fsp3) is 0.611. The Kier molecular flexibility index (Phi) is 5.71. The average Bonchev–Trinajstić information content (AvgIpc) is 3.28. The van der Waals surface area contributed by atoms with Crippen LogP contribution < -0.4 is 0 Å². The fourth-order valence-electron chi connectivity index (χ4n) is 3.50. The monoisotopic (exact) mass is 518 g/mol. The minimum absolute atomic E-state index is 0.0845. The molecule has 2 aliphatic heterocycles. The number of ether oxygens (including phenoxy) is 5. The highest BCUT2D eigenvalue weighted by molar-refractivity contribution is 9.09. The molecule has 2 saturated heterocycles. The Hall–Kier alpha value is -1.86. The van der Waals surface area contributed by atoms with Crippen molar-refractivity contribution in [2.24, 2.45) is 0 Å².